The first kappa shape index (κ1) is 15.0. The number of carbonyl (C=O) groups excluding carboxylic acids is 1. The normalized spacial score (nSPS) is 10.8. The lowest BCUT2D eigenvalue weighted by Gasteiger charge is -2.06. The molecule has 0 aliphatic heterocycles. The summed E-state index contributed by atoms with van der Waals surface area (Å²) < 4.78 is 14.5. The molecule has 1 aromatic heterocycles. The Morgan fingerprint density at radius 1 is 1.17 bits per heavy atom. The van der Waals surface area contributed by atoms with Crippen LogP contribution in [-0.2, 0) is 17.8 Å². The van der Waals surface area contributed by atoms with Crippen molar-refractivity contribution in [3.05, 3.63) is 70.4 Å². The lowest BCUT2D eigenvalue weighted by molar-refractivity contribution is -0.121. The second kappa shape index (κ2) is 6.48. The summed E-state index contributed by atoms with van der Waals surface area (Å²) >= 11 is 0. The first-order chi connectivity index (χ1) is 11.1. The van der Waals surface area contributed by atoms with Crippen LogP contribution in [0.2, 0.25) is 0 Å². The number of halogens is 1. The molecule has 118 valence electrons. The van der Waals surface area contributed by atoms with Crippen LogP contribution < -0.4 is 11.0 Å². The molecule has 2 N–H and O–H groups in total. The maximum Gasteiger partial charge on any atom is 0.326 e. The number of aromatic amines is 1. The van der Waals surface area contributed by atoms with Gasteiger partial charge in [-0.1, -0.05) is 30.3 Å². The summed E-state index contributed by atoms with van der Waals surface area (Å²) in [6.45, 7) is 0.397. The van der Waals surface area contributed by atoms with Crippen LogP contribution in [0.5, 0.6) is 0 Å². The van der Waals surface area contributed by atoms with Crippen LogP contribution >= 0.6 is 0 Å². The van der Waals surface area contributed by atoms with Gasteiger partial charge in [-0.25, -0.2) is 9.18 Å². The zero-order valence-corrected chi connectivity index (χ0v) is 12.4. The van der Waals surface area contributed by atoms with Gasteiger partial charge in [0.1, 0.15) is 12.4 Å². The van der Waals surface area contributed by atoms with Gasteiger partial charge in [0.05, 0.1) is 11.0 Å². The van der Waals surface area contributed by atoms with E-state index in [0.29, 0.717) is 17.6 Å². The summed E-state index contributed by atoms with van der Waals surface area (Å²) in [5.74, 6) is -0.688. The van der Waals surface area contributed by atoms with Gasteiger partial charge in [0.15, 0.2) is 0 Å². The predicted octanol–water partition coefficient (Wildman–Crippen LogP) is 1.83. The van der Waals surface area contributed by atoms with E-state index in [1.165, 1.54) is 22.8 Å². The quantitative estimate of drug-likeness (QED) is 0.754. The van der Waals surface area contributed by atoms with Crippen molar-refractivity contribution in [2.45, 2.75) is 13.0 Å². The van der Waals surface area contributed by atoms with E-state index in [-0.39, 0.29) is 12.5 Å². The molecule has 1 amide bonds. The Balaban J connectivity index is 1.64. The molecule has 0 unspecified atom stereocenters. The van der Waals surface area contributed by atoms with Crippen LogP contribution in [0.15, 0.2) is 53.3 Å². The highest BCUT2D eigenvalue weighted by Gasteiger charge is 2.11. The molecule has 1 heterocycles. The van der Waals surface area contributed by atoms with E-state index in [4.69, 9.17) is 0 Å². The third-order valence-corrected chi connectivity index (χ3v) is 3.62. The molecule has 3 rings (SSSR count). The Bertz CT molecular complexity index is 884. The van der Waals surface area contributed by atoms with Crippen LogP contribution in [0.3, 0.4) is 0 Å². The number of hydrogen-bond donors (Lipinski definition) is 2. The van der Waals surface area contributed by atoms with Gasteiger partial charge in [-0.2, -0.15) is 0 Å². The van der Waals surface area contributed by atoms with Crippen molar-refractivity contribution in [2.24, 2.45) is 0 Å². The highest BCUT2D eigenvalue weighted by Crippen LogP contribution is 2.11. The lowest BCUT2D eigenvalue weighted by Crippen LogP contribution is -2.32. The molecule has 0 saturated heterocycles. The molecule has 0 bridgehead atoms. The lowest BCUT2D eigenvalue weighted by atomic mass is 10.1. The molecule has 5 nitrogen and oxygen atoms in total. The van der Waals surface area contributed by atoms with E-state index in [1.54, 1.807) is 0 Å². The van der Waals surface area contributed by atoms with Crippen molar-refractivity contribution in [1.29, 1.82) is 0 Å². The fraction of sp³-hybridized carbons (Fsp3) is 0.176. The van der Waals surface area contributed by atoms with Crippen molar-refractivity contribution in [1.82, 2.24) is 14.9 Å². The first-order valence-electron chi connectivity index (χ1n) is 7.32. The fourth-order valence-electron chi connectivity index (χ4n) is 2.48. The first-order valence-corrected chi connectivity index (χ1v) is 7.32. The molecule has 0 atom stereocenters. The molecular formula is C17H16FN3O2. The van der Waals surface area contributed by atoms with Gasteiger partial charge in [-0.15, -0.1) is 0 Å². The van der Waals surface area contributed by atoms with Crippen LogP contribution in [0.4, 0.5) is 4.39 Å². The number of benzene rings is 2. The third kappa shape index (κ3) is 3.48. The number of nitrogens with zero attached hydrogens (tertiary/aromatic N) is 1. The van der Waals surface area contributed by atoms with E-state index < -0.39 is 11.5 Å². The van der Waals surface area contributed by atoms with E-state index in [0.717, 1.165) is 12.0 Å². The van der Waals surface area contributed by atoms with E-state index >= 15 is 0 Å². The predicted molar refractivity (Wildman–Crippen MR) is 85.7 cm³/mol. The highest BCUT2D eigenvalue weighted by atomic mass is 19.1. The number of aromatic nitrogens is 2. The Hall–Kier alpha value is -2.89. The maximum atomic E-state index is 13.2. The molecule has 23 heavy (non-hydrogen) atoms. The van der Waals surface area contributed by atoms with Crippen molar-refractivity contribution in [3.8, 4) is 0 Å². The summed E-state index contributed by atoms with van der Waals surface area (Å²) in [6.07, 6.45) is 0.723. The monoisotopic (exact) mass is 313 g/mol. The number of fused-ring (bicyclic) bond motifs is 1. The standard InChI is InChI=1S/C17H16FN3O2/c18-13-6-7-15-14(10-13)20-17(23)21(15)11-16(22)19-9-8-12-4-2-1-3-5-12/h1-7,10H,8-9,11H2,(H,19,22)(H,20,23). The van der Waals surface area contributed by atoms with Crippen molar-refractivity contribution in [3.63, 3.8) is 0 Å². The van der Waals surface area contributed by atoms with Gasteiger partial charge in [0, 0.05) is 6.54 Å². The summed E-state index contributed by atoms with van der Waals surface area (Å²) in [5.41, 5.74) is 1.60. The van der Waals surface area contributed by atoms with Crippen LogP contribution in [-0.4, -0.2) is 22.0 Å². The average molecular weight is 313 g/mol. The maximum absolute atomic E-state index is 13.2. The van der Waals surface area contributed by atoms with Gasteiger partial charge < -0.3 is 10.3 Å². The number of H-pyrrole nitrogens is 1. The number of hydrogen-bond acceptors (Lipinski definition) is 2. The number of imidazole rings is 1. The van der Waals surface area contributed by atoms with E-state index in [9.17, 15) is 14.0 Å². The summed E-state index contributed by atoms with van der Waals surface area (Å²) in [5, 5.41) is 2.79. The van der Waals surface area contributed by atoms with E-state index in [2.05, 4.69) is 10.3 Å². The molecule has 3 aromatic rings. The molecule has 2 aromatic carbocycles. The van der Waals surface area contributed by atoms with Gasteiger partial charge in [-0.05, 0) is 30.2 Å². The van der Waals surface area contributed by atoms with Crippen molar-refractivity contribution < 1.29 is 9.18 Å². The number of rotatable bonds is 5. The Morgan fingerprint density at radius 2 is 1.96 bits per heavy atom. The SMILES string of the molecule is O=C(Cn1c(=O)[nH]c2cc(F)ccc21)NCCc1ccccc1. The summed E-state index contributed by atoms with van der Waals surface area (Å²) in [6, 6.07) is 13.8. The second-order valence-electron chi connectivity index (χ2n) is 5.26. The number of carbonyl (C=O) groups is 1. The Kier molecular flexibility index (Phi) is 4.23. The number of nitrogens with one attached hydrogen (secondary N) is 2. The van der Waals surface area contributed by atoms with Crippen molar-refractivity contribution >= 4 is 16.9 Å². The highest BCUT2D eigenvalue weighted by molar-refractivity contribution is 5.80. The summed E-state index contributed by atoms with van der Waals surface area (Å²) in [7, 11) is 0. The molecule has 0 aliphatic carbocycles. The Labute approximate surface area is 131 Å². The largest absolute Gasteiger partial charge is 0.354 e. The minimum atomic E-state index is -0.432. The molecule has 6 heteroatoms. The molecule has 0 fully saturated rings. The summed E-state index contributed by atoms with van der Waals surface area (Å²) in [4.78, 5) is 26.4. The minimum absolute atomic E-state index is 0.0980. The van der Waals surface area contributed by atoms with Crippen molar-refractivity contribution in [2.75, 3.05) is 6.54 Å². The van der Waals surface area contributed by atoms with Gasteiger partial charge in [-0.3, -0.25) is 9.36 Å². The van der Waals surface area contributed by atoms with Crippen LogP contribution in [0.1, 0.15) is 5.56 Å². The van der Waals surface area contributed by atoms with Crippen LogP contribution in [0.25, 0.3) is 11.0 Å². The zero-order valence-electron chi connectivity index (χ0n) is 12.4. The van der Waals surface area contributed by atoms with Gasteiger partial charge >= 0.3 is 5.69 Å². The second-order valence-corrected chi connectivity index (χ2v) is 5.26. The van der Waals surface area contributed by atoms with Crippen LogP contribution in [0, 0.1) is 5.82 Å². The Morgan fingerprint density at radius 3 is 2.74 bits per heavy atom. The number of amides is 1. The average Bonchev–Trinajstić information content (AvgIpc) is 2.83. The van der Waals surface area contributed by atoms with Gasteiger partial charge in [0.2, 0.25) is 5.91 Å². The molecule has 0 aliphatic rings. The minimum Gasteiger partial charge on any atom is -0.354 e. The third-order valence-electron chi connectivity index (χ3n) is 3.62. The molecular weight excluding hydrogens is 297 g/mol. The smallest absolute Gasteiger partial charge is 0.326 e. The van der Waals surface area contributed by atoms with Gasteiger partial charge in [0.25, 0.3) is 0 Å². The fourth-order valence-corrected chi connectivity index (χ4v) is 2.48. The molecule has 0 spiro atoms. The van der Waals surface area contributed by atoms with E-state index in [1.807, 2.05) is 30.3 Å². The topological polar surface area (TPSA) is 66.9 Å². The zero-order chi connectivity index (χ0) is 16.2. The molecule has 0 saturated carbocycles. The molecule has 0 radical (unpaired) electrons.